The molecule has 3 nitrogen and oxygen atoms in total. The van der Waals surface area contributed by atoms with Gasteiger partial charge in [0.2, 0.25) is 0 Å². The van der Waals surface area contributed by atoms with Gasteiger partial charge in [0.05, 0.1) is 18.7 Å². The number of benzene rings is 1. The summed E-state index contributed by atoms with van der Waals surface area (Å²) in [5, 5.41) is 1.30. The molecule has 0 aromatic heterocycles. The summed E-state index contributed by atoms with van der Waals surface area (Å²) in [5.41, 5.74) is 1.05. The molecule has 0 aliphatic carbocycles. The van der Waals surface area contributed by atoms with Crippen LogP contribution in [0.1, 0.15) is 18.9 Å². The van der Waals surface area contributed by atoms with Crippen LogP contribution in [-0.2, 0) is 10.1 Å². The van der Waals surface area contributed by atoms with E-state index in [1.54, 1.807) is 7.11 Å². The molecule has 0 spiro atoms. The molecule has 0 heterocycles. The third-order valence-electron chi connectivity index (χ3n) is 2.33. The Hall–Kier alpha value is -0.450. The fraction of sp³-hybridized carbons (Fsp3) is 0.538. The van der Waals surface area contributed by atoms with E-state index < -0.39 is 0 Å². The van der Waals surface area contributed by atoms with Gasteiger partial charge in [-0.3, -0.25) is 0 Å². The van der Waals surface area contributed by atoms with Gasteiger partial charge < -0.3 is 14.2 Å². The number of methoxy groups -OCH3 is 1. The summed E-state index contributed by atoms with van der Waals surface area (Å²) in [6.45, 7) is 3.95. The molecule has 0 N–H and O–H groups in total. The van der Waals surface area contributed by atoms with E-state index in [0.717, 1.165) is 23.9 Å². The molecule has 0 aliphatic rings. The van der Waals surface area contributed by atoms with Crippen LogP contribution in [0.5, 0.6) is 11.5 Å². The third kappa shape index (κ3) is 4.67. The SMILES string of the molecule is CCOCCCOc1c(Cl)cc(CBr)cc1OC. The second kappa shape index (κ2) is 8.62. The van der Waals surface area contributed by atoms with Gasteiger partial charge in [-0.25, -0.2) is 0 Å². The second-order valence-corrected chi connectivity index (χ2v) is 4.61. The Labute approximate surface area is 121 Å². The van der Waals surface area contributed by atoms with Crippen molar-refractivity contribution < 1.29 is 14.2 Å². The normalized spacial score (nSPS) is 10.4. The standard InChI is InChI=1S/C13H18BrClO3/c1-3-17-5-4-6-18-13-11(15)7-10(9-14)8-12(13)16-2/h7-8H,3-6,9H2,1-2H3. The van der Waals surface area contributed by atoms with Crippen LogP contribution in [0.3, 0.4) is 0 Å². The minimum absolute atomic E-state index is 0.559. The number of hydrogen-bond donors (Lipinski definition) is 0. The topological polar surface area (TPSA) is 27.7 Å². The Kier molecular flexibility index (Phi) is 7.47. The first-order valence-corrected chi connectivity index (χ1v) is 7.35. The molecular formula is C13H18BrClO3. The van der Waals surface area contributed by atoms with E-state index in [1.165, 1.54) is 0 Å². The second-order valence-electron chi connectivity index (χ2n) is 3.64. The zero-order valence-electron chi connectivity index (χ0n) is 10.7. The summed E-state index contributed by atoms with van der Waals surface area (Å²) in [6, 6.07) is 3.79. The highest BCUT2D eigenvalue weighted by Gasteiger charge is 2.11. The van der Waals surface area contributed by atoms with Gasteiger partial charge in [0.1, 0.15) is 0 Å². The predicted octanol–water partition coefficient (Wildman–Crippen LogP) is 4.05. The van der Waals surface area contributed by atoms with Crippen LogP contribution in [0.15, 0.2) is 12.1 Å². The van der Waals surface area contributed by atoms with E-state index in [1.807, 2.05) is 19.1 Å². The molecule has 18 heavy (non-hydrogen) atoms. The summed E-state index contributed by atoms with van der Waals surface area (Å²) in [7, 11) is 1.61. The lowest BCUT2D eigenvalue weighted by Crippen LogP contribution is -2.04. The van der Waals surface area contributed by atoms with Crippen LogP contribution in [0.2, 0.25) is 5.02 Å². The summed E-state index contributed by atoms with van der Waals surface area (Å²) in [5.74, 6) is 1.26. The van der Waals surface area contributed by atoms with Crippen LogP contribution in [-0.4, -0.2) is 26.9 Å². The van der Waals surface area contributed by atoms with Crippen molar-refractivity contribution in [3.63, 3.8) is 0 Å². The maximum absolute atomic E-state index is 6.18. The van der Waals surface area contributed by atoms with E-state index >= 15 is 0 Å². The van der Waals surface area contributed by atoms with Crippen LogP contribution < -0.4 is 9.47 Å². The number of alkyl halides is 1. The van der Waals surface area contributed by atoms with Crippen molar-refractivity contribution in [3.05, 3.63) is 22.7 Å². The van der Waals surface area contributed by atoms with E-state index in [9.17, 15) is 0 Å². The van der Waals surface area contributed by atoms with Crippen molar-refractivity contribution in [2.45, 2.75) is 18.7 Å². The molecule has 0 fully saturated rings. The van der Waals surface area contributed by atoms with Gasteiger partial charge in [-0.2, -0.15) is 0 Å². The quantitative estimate of drug-likeness (QED) is 0.529. The number of ether oxygens (including phenoxy) is 3. The Morgan fingerprint density at radius 2 is 2.06 bits per heavy atom. The van der Waals surface area contributed by atoms with Crippen molar-refractivity contribution in [2.75, 3.05) is 26.9 Å². The fourth-order valence-corrected chi connectivity index (χ4v) is 2.08. The Bertz CT molecular complexity index is 371. The van der Waals surface area contributed by atoms with Gasteiger partial charge in [0, 0.05) is 25.0 Å². The summed E-state index contributed by atoms with van der Waals surface area (Å²) in [4.78, 5) is 0. The van der Waals surface area contributed by atoms with Gasteiger partial charge >= 0.3 is 0 Å². The van der Waals surface area contributed by atoms with E-state index in [0.29, 0.717) is 29.7 Å². The molecule has 0 unspecified atom stereocenters. The van der Waals surface area contributed by atoms with Gasteiger partial charge in [0.15, 0.2) is 11.5 Å². The molecule has 1 aromatic carbocycles. The molecule has 0 bridgehead atoms. The number of halogens is 2. The lowest BCUT2D eigenvalue weighted by Gasteiger charge is -2.13. The van der Waals surface area contributed by atoms with Gasteiger partial charge in [-0.05, 0) is 24.6 Å². The van der Waals surface area contributed by atoms with Gasteiger partial charge in [-0.1, -0.05) is 27.5 Å². The summed E-state index contributed by atoms with van der Waals surface area (Å²) in [6.07, 6.45) is 0.827. The molecule has 1 rings (SSSR count). The predicted molar refractivity (Wildman–Crippen MR) is 77.2 cm³/mol. The van der Waals surface area contributed by atoms with Crippen LogP contribution in [0.4, 0.5) is 0 Å². The Morgan fingerprint density at radius 3 is 2.67 bits per heavy atom. The molecule has 0 saturated heterocycles. The smallest absolute Gasteiger partial charge is 0.179 e. The zero-order chi connectivity index (χ0) is 13.4. The van der Waals surface area contributed by atoms with Gasteiger partial charge in [0.25, 0.3) is 0 Å². The molecule has 0 atom stereocenters. The highest BCUT2D eigenvalue weighted by Crippen LogP contribution is 2.36. The molecule has 0 aliphatic heterocycles. The summed E-state index contributed by atoms with van der Waals surface area (Å²) < 4.78 is 16.2. The van der Waals surface area contributed by atoms with Crippen molar-refractivity contribution in [3.8, 4) is 11.5 Å². The average molecular weight is 338 g/mol. The van der Waals surface area contributed by atoms with Crippen molar-refractivity contribution >= 4 is 27.5 Å². The highest BCUT2D eigenvalue weighted by molar-refractivity contribution is 9.08. The first kappa shape index (κ1) is 15.6. The largest absolute Gasteiger partial charge is 0.493 e. The maximum atomic E-state index is 6.18. The lowest BCUT2D eigenvalue weighted by atomic mass is 10.2. The lowest BCUT2D eigenvalue weighted by molar-refractivity contribution is 0.130. The van der Waals surface area contributed by atoms with Crippen LogP contribution in [0, 0.1) is 0 Å². The van der Waals surface area contributed by atoms with E-state index in [-0.39, 0.29) is 0 Å². The van der Waals surface area contributed by atoms with Crippen molar-refractivity contribution in [2.24, 2.45) is 0 Å². The first-order valence-electron chi connectivity index (χ1n) is 5.85. The molecule has 5 heteroatoms. The van der Waals surface area contributed by atoms with Crippen molar-refractivity contribution in [1.29, 1.82) is 0 Å². The van der Waals surface area contributed by atoms with E-state index in [2.05, 4.69) is 15.9 Å². The minimum atomic E-state index is 0.559. The molecule has 0 saturated carbocycles. The number of rotatable bonds is 8. The van der Waals surface area contributed by atoms with Crippen LogP contribution in [0.25, 0.3) is 0 Å². The van der Waals surface area contributed by atoms with Crippen LogP contribution >= 0.6 is 27.5 Å². The average Bonchev–Trinajstić information content (AvgIpc) is 2.39. The Morgan fingerprint density at radius 1 is 1.28 bits per heavy atom. The van der Waals surface area contributed by atoms with Gasteiger partial charge in [-0.15, -0.1) is 0 Å². The molecular weight excluding hydrogens is 319 g/mol. The molecule has 1 aromatic rings. The fourth-order valence-electron chi connectivity index (χ4n) is 1.47. The number of hydrogen-bond acceptors (Lipinski definition) is 3. The zero-order valence-corrected chi connectivity index (χ0v) is 13.0. The first-order chi connectivity index (χ1) is 8.72. The minimum Gasteiger partial charge on any atom is -0.493 e. The third-order valence-corrected chi connectivity index (χ3v) is 3.26. The molecule has 0 amide bonds. The molecule has 102 valence electrons. The van der Waals surface area contributed by atoms with E-state index in [4.69, 9.17) is 25.8 Å². The monoisotopic (exact) mass is 336 g/mol. The maximum Gasteiger partial charge on any atom is 0.179 e. The highest BCUT2D eigenvalue weighted by atomic mass is 79.9. The Balaban J connectivity index is 2.63. The molecule has 0 radical (unpaired) electrons. The van der Waals surface area contributed by atoms with Crippen molar-refractivity contribution in [1.82, 2.24) is 0 Å². The summed E-state index contributed by atoms with van der Waals surface area (Å²) >= 11 is 9.56.